The molecule has 0 radical (unpaired) electrons. The van der Waals surface area contributed by atoms with Crippen molar-refractivity contribution < 1.29 is 14.6 Å². The van der Waals surface area contributed by atoms with E-state index in [9.17, 15) is 4.79 Å². The zero-order chi connectivity index (χ0) is 13.0. The summed E-state index contributed by atoms with van der Waals surface area (Å²) in [7, 11) is 1.58. The third-order valence-electron chi connectivity index (χ3n) is 2.87. The highest BCUT2D eigenvalue weighted by molar-refractivity contribution is 6.31. The second kappa shape index (κ2) is 5.92. The monoisotopic (exact) mass is 256 g/mol. The van der Waals surface area contributed by atoms with Crippen LogP contribution in [0.4, 0.5) is 0 Å². The zero-order valence-corrected chi connectivity index (χ0v) is 11.0. The zero-order valence-electron chi connectivity index (χ0n) is 10.3. The van der Waals surface area contributed by atoms with Gasteiger partial charge in [0.05, 0.1) is 13.0 Å². The van der Waals surface area contributed by atoms with E-state index < -0.39 is 11.9 Å². The van der Waals surface area contributed by atoms with Gasteiger partial charge in [-0.1, -0.05) is 18.5 Å². The van der Waals surface area contributed by atoms with Crippen LogP contribution in [0.3, 0.4) is 0 Å². The number of aryl methyl sites for hydroxylation is 1. The topological polar surface area (TPSA) is 46.5 Å². The van der Waals surface area contributed by atoms with E-state index in [4.69, 9.17) is 21.4 Å². The molecule has 0 saturated heterocycles. The minimum atomic E-state index is -0.786. The Morgan fingerprint density at radius 3 is 2.65 bits per heavy atom. The molecule has 0 fully saturated rings. The molecule has 0 saturated carbocycles. The number of methoxy groups -OCH3 is 1. The van der Waals surface area contributed by atoms with Gasteiger partial charge in [0.1, 0.15) is 5.75 Å². The summed E-state index contributed by atoms with van der Waals surface area (Å²) in [5.41, 5.74) is 1.77. The summed E-state index contributed by atoms with van der Waals surface area (Å²) in [6, 6.07) is 3.63. The van der Waals surface area contributed by atoms with Crippen molar-refractivity contribution >= 4 is 17.6 Å². The molecule has 3 nitrogen and oxygen atoms in total. The van der Waals surface area contributed by atoms with E-state index in [1.165, 1.54) is 0 Å². The van der Waals surface area contributed by atoms with Crippen molar-refractivity contribution in [3.63, 3.8) is 0 Å². The maximum absolute atomic E-state index is 11.0. The van der Waals surface area contributed by atoms with Crippen molar-refractivity contribution in [2.24, 2.45) is 5.92 Å². The highest BCUT2D eigenvalue weighted by Crippen LogP contribution is 2.29. The molecule has 0 aliphatic rings. The molecule has 1 rings (SSSR count). The standard InChI is InChI=1S/C13H17ClO3/c1-4-9(13(15)16)6-10-7-11(14)8(2)5-12(10)17-3/h5,7,9H,4,6H2,1-3H3,(H,15,16). The molecule has 1 atom stereocenters. The summed E-state index contributed by atoms with van der Waals surface area (Å²) in [4.78, 5) is 11.0. The maximum atomic E-state index is 11.0. The number of halogens is 1. The molecule has 0 spiro atoms. The smallest absolute Gasteiger partial charge is 0.306 e. The molecule has 1 aromatic rings. The molecule has 0 aliphatic carbocycles. The van der Waals surface area contributed by atoms with Gasteiger partial charge < -0.3 is 9.84 Å². The van der Waals surface area contributed by atoms with E-state index >= 15 is 0 Å². The molecule has 0 heterocycles. The molecule has 17 heavy (non-hydrogen) atoms. The summed E-state index contributed by atoms with van der Waals surface area (Å²) in [6.07, 6.45) is 1.03. The number of hydrogen-bond donors (Lipinski definition) is 1. The van der Waals surface area contributed by atoms with Crippen molar-refractivity contribution in [3.8, 4) is 5.75 Å². The van der Waals surface area contributed by atoms with Crippen LogP contribution in [0, 0.1) is 12.8 Å². The van der Waals surface area contributed by atoms with Gasteiger partial charge in [0.15, 0.2) is 0 Å². The predicted molar refractivity (Wildman–Crippen MR) is 67.9 cm³/mol. The number of aliphatic carboxylic acids is 1. The number of ether oxygens (including phenoxy) is 1. The van der Waals surface area contributed by atoms with Gasteiger partial charge in [-0.05, 0) is 43.0 Å². The van der Waals surface area contributed by atoms with Gasteiger partial charge in [0.25, 0.3) is 0 Å². The molecule has 1 unspecified atom stereocenters. The highest BCUT2D eigenvalue weighted by Gasteiger charge is 2.18. The minimum absolute atomic E-state index is 0.400. The lowest BCUT2D eigenvalue weighted by atomic mass is 9.96. The average Bonchev–Trinajstić information content (AvgIpc) is 2.29. The van der Waals surface area contributed by atoms with Crippen LogP contribution in [0.2, 0.25) is 5.02 Å². The molecule has 0 bridgehead atoms. The lowest BCUT2D eigenvalue weighted by Gasteiger charge is -2.14. The van der Waals surface area contributed by atoms with Crippen LogP contribution in [0.5, 0.6) is 5.75 Å². The van der Waals surface area contributed by atoms with Crippen molar-refractivity contribution in [1.82, 2.24) is 0 Å². The molecule has 0 aromatic heterocycles. The van der Waals surface area contributed by atoms with Crippen LogP contribution in [0.25, 0.3) is 0 Å². The van der Waals surface area contributed by atoms with Crippen molar-refractivity contribution in [2.75, 3.05) is 7.11 Å². The highest BCUT2D eigenvalue weighted by atomic mass is 35.5. The van der Waals surface area contributed by atoms with Gasteiger partial charge in [0, 0.05) is 5.02 Å². The lowest BCUT2D eigenvalue weighted by molar-refractivity contribution is -0.141. The first-order valence-corrected chi connectivity index (χ1v) is 5.93. The van der Waals surface area contributed by atoms with Crippen LogP contribution in [0.15, 0.2) is 12.1 Å². The average molecular weight is 257 g/mol. The Bertz CT molecular complexity index is 415. The Balaban J connectivity index is 3.04. The Morgan fingerprint density at radius 2 is 2.18 bits per heavy atom. The third kappa shape index (κ3) is 3.37. The predicted octanol–water partition coefficient (Wildman–Crippen LogP) is 3.31. The van der Waals surface area contributed by atoms with Crippen LogP contribution < -0.4 is 4.74 Å². The van der Waals surface area contributed by atoms with Crippen LogP contribution in [0.1, 0.15) is 24.5 Å². The number of hydrogen-bond acceptors (Lipinski definition) is 2. The summed E-state index contributed by atoms with van der Waals surface area (Å²) in [6.45, 7) is 3.75. The Morgan fingerprint density at radius 1 is 1.53 bits per heavy atom. The summed E-state index contributed by atoms with van der Waals surface area (Å²) in [5, 5.41) is 9.69. The molecule has 94 valence electrons. The van der Waals surface area contributed by atoms with Gasteiger partial charge in [-0.25, -0.2) is 0 Å². The van der Waals surface area contributed by atoms with E-state index in [0.717, 1.165) is 11.1 Å². The molecular formula is C13H17ClO3. The van der Waals surface area contributed by atoms with Gasteiger partial charge >= 0.3 is 5.97 Å². The van der Waals surface area contributed by atoms with E-state index in [1.807, 2.05) is 19.9 Å². The van der Waals surface area contributed by atoms with Crippen molar-refractivity contribution in [2.45, 2.75) is 26.7 Å². The Labute approximate surface area is 106 Å². The second-order valence-corrected chi connectivity index (χ2v) is 4.47. The Hall–Kier alpha value is -1.22. The van der Waals surface area contributed by atoms with E-state index in [1.54, 1.807) is 13.2 Å². The number of rotatable bonds is 5. The fourth-order valence-electron chi connectivity index (χ4n) is 1.72. The van der Waals surface area contributed by atoms with Crippen LogP contribution in [-0.2, 0) is 11.2 Å². The third-order valence-corrected chi connectivity index (χ3v) is 3.28. The fourth-order valence-corrected chi connectivity index (χ4v) is 1.90. The molecule has 1 N–H and O–H groups in total. The number of carboxylic acids is 1. The molecule has 1 aromatic carbocycles. The van der Waals surface area contributed by atoms with Gasteiger partial charge in [0.2, 0.25) is 0 Å². The van der Waals surface area contributed by atoms with E-state index in [2.05, 4.69) is 0 Å². The SMILES string of the molecule is CCC(Cc1cc(Cl)c(C)cc1OC)C(=O)O. The van der Waals surface area contributed by atoms with Gasteiger partial charge in [-0.15, -0.1) is 0 Å². The molecule has 0 aliphatic heterocycles. The molecule has 0 amide bonds. The number of carbonyl (C=O) groups is 1. The molecule has 4 heteroatoms. The first-order chi connectivity index (χ1) is 7.99. The van der Waals surface area contributed by atoms with E-state index in [0.29, 0.717) is 23.6 Å². The summed E-state index contributed by atoms with van der Waals surface area (Å²) in [5.74, 6) is -0.486. The maximum Gasteiger partial charge on any atom is 0.306 e. The van der Waals surface area contributed by atoms with Crippen molar-refractivity contribution in [3.05, 3.63) is 28.3 Å². The largest absolute Gasteiger partial charge is 0.496 e. The van der Waals surface area contributed by atoms with Gasteiger partial charge in [-0.2, -0.15) is 0 Å². The second-order valence-electron chi connectivity index (χ2n) is 4.06. The minimum Gasteiger partial charge on any atom is -0.496 e. The quantitative estimate of drug-likeness (QED) is 0.879. The normalized spacial score (nSPS) is 12.2. The number of benzene rings is 1. The molecular weight excluding hydrogens is 240 g/mol. The lowest BCUT2D eigenvalue weighted by Crippen LogP contribution is -2.15. The van der Waals surface area contributed by atoms with Gasteiger partial charge in [-0.3, -0.25) is 4.79 Å². The van der Waals surface area contributed by atoms with Crippen molar-refractivity contribution in [1.29, 1.82) is 0 Å². The van der Waals surface area contributed by atoms with Crippen LogP contribution in [-0.4, -0.2) is 18.2 Å². The first-order valence-electron chi connectivity index (χ1n) is 5.55. The fraction of sp³-hybridized carbons (Fsp3) is 0.462. The summed E-state index contributed by atoms with van der Waals surface area (Å²) >= 11 is 6.05. The van der Waals surface area contributed by atoms with E-state index in [-0.39, 0.29) is 0 Å². The first kappa shape index (κ1) is 13.8. The summed E-state index contributed by atoms with van der Waals surface area (Å²) < 4.78 is 5.25. The van der Waals surface area contributed by atoms with Crippen LogP contribution >= 0.6 is 11.6 Å². The number of carboxylic acid groups (broad SMARTS) is 1. The Kier molecular flexibility index (Phi) is 4.82.